The van der Waals surface area contributed by atoms with Crippen molar-refractivity contribution in [2.45, 2.75) is 91.6 Å². The number of nitrogens with one attached hydrogen (secondary N) is 3. The molecule has 5 rings (SSSR count). The monoisotopic (exact) mass is 572 g/mol. The number of aliphatic carboxylic acids is 1. The van der Waals surface area contributed by atoms with Crippen molar-refractivity contribution in [1.82, 2.24) is 15.6 Å². The molecule has 4 aliphatic rings. The summed E-state index contributed by atoms with van der Waals surface area (Å²) in [6, 6.07) is 0.120. The molecular weight excluding hydrogens is 528 g/mol. The zero-order chi connectivity index (χ0) is 30.5. The lowest BCUT2D eigenvalue weighted by atomic mass is 9.84. The number of hydrogen-bond acceptors (Lipinski definition) is 5. The number of fused-ring (bicyclic) bond motifs is 1. The first kappa shape index (κ1) is 30.0. The maximum atomic E-state index is 12.4. The fourth-order valence-corrected chi connectivity index (χ4v) is 7.89. The summed E-state index contributed by atoms with van der Waals surface area (Å²) in [6.45, 7) is 16.6. The minimum absolute atomic E-state index is 0.00137. The van der Waals surface area contributed by atoms with Gasteiger partial charge in [0.25, 0.3) is 5.91 Å². The average molecular weight is 573 g/mol. The highest BCUT2D eigenvalue weighted by molar-refractivity contribution is 6.07. The van der Waals surface area contributed by atoms with Gasteiger partial charge in [-0.2, -0.15) is 0 Å². The highest BCUT2D eigenvalue weighted by atomic mass is 16.4. The van der Waals surface area contributed by atoms with Crippen molar-refractivity contribution >= 4 is 29.4 Å². The second kappa shape index (κ2) is 11.6. The molecule has 1 aromatic rings. The first-order valence-corrected chi connectivity index (χ1v) is 15.3. The van der Waals surface area contributed by atoms with Crippen LogP contribution in [0, 0.1) is 30.6 Å². The van der Waals surface area contributed by atoms with Crippen LogP contribution in [0.2, 0.25) is 0 Å². The molecule has 224 valence electrons. The minimum Gasteiger partial charge on any atom is -0.481 e. The molecule has 1 aliphatic carbocycles. The van der Waals surface area contributed by atoms with Crippen LogP contribution in [0.15, 0.2) is 46.3 Å². The fraction of sp³-hybridized carbons (Fsp3) is 0.529. The van der Waals surface area contributed by atoms with Crippen molar-refractivity contribution in [2.75, 3.05) is 0 Å². The SMILES string of the molecule is C=CC1=C(C)C(=CC2=NC(=C3CC(C)c4c3[nH]c(CC3NC(C=O)C(C)C3CC)c4C)C(CCC(=O)O)C2C)NC1=O. The summed E-state index contributed by atoms with van der Waals surface area (Å²) < 4.78 is 0. The van der Waals surface area contributed by atoms with Crippen molar-refractivity contribution in [3.8, 4) is 0 Å². The molecule has 0 spiro atoms. The first-order chi connectivity index (χ1) is 20.0. The van der Waals surface area contributed by atoms with Crippen LogP contribution in [0.25, 0.3) is 5.57 Å². The molecule has 7 atom stereocenters. The molecule has 1 fully saturated rings. The zero-order valence-electron chi connectivity index (χ0n) is 25.6. The van der Waals surface area contributed by atoms with Gasteiger partial charge in [-0.15, -0.1) is 0 Å². The van der Waals surface area contributed by atoms with Crippen LogP contribution in [0.1, 0.15) is 88.7 Å². The Bertz CT molecular complexity index is 1460. The quantitative estimate of drug-likeness (QED) is 0.296. The highest BCUT2D eigenvalue weighted by Gasteiger charge is 2.41. The number of H-pyrrole nitrogens is 1. The van der Waals surface area contributed by atoms with Crippen LogP contribution in [-0.2, 0) is 20.8 Å². The molecule has 0 radical (unpaired) electrons. The van der Waals surface area contributed by atoms with Crippen molar-refractivity contribution in [2.24, 2.45) is 28.7 Å². The number of aliphatic imine (C=N–C) groups is 1. The van der Waals surface area contributed by atoms with E-state index in [1.165, 1.54) is 22.4 Å². The number of carboxylic acid groups (broad SMARTS) is 1. The Kier molecular flexibility index (Phi) is 8.30. The summed E-state index contributed by atoms with van der Waals surface area (Å²) in [4.78, 5) is 44.7. The summed E-state index contributed by atoms with van der Waals surface area (Å²) in [6.07, 6.45) is 7.84. The van der Waals surface area contributed by atoms with Gasteiger partial charge in [-0.1, -0.05) is 46.8 Å². The molecule has 3 aliphatic heterocycles. The molecule has 4 heterocycles. The second-order valence-electron chi connectivity index (χ2n) is 12.7. The molecule has 8 nitrogen and oxygen atoms in total. The molecule has 42 heavy (non-hydrogen) atoms. The van der Waals surface area contributed by atoms with Gasteiger partial charge in [0.2, 0.25) is 0 Å². The molecule has 8 heteroatoms. The van der Waals surface area contributed by atoms with Gasteiger partial charge < -0.3 is 25.5 Å². The molecule has 1 aromatic heterocycles. The summed E-state index contributed by atoms with van der Waals surface area (Å²) in [7, 11) is 0. The van der Waals surface area contributed by atoms with E-state index in [-0.39, 0.29) is 36.2 Å². The van der Waals surface area contributed by atoms with E-state index >= 15 is 0 Å². The average Bonchev–Trinajstić information content (AvgIpc) is 3.69. The molecule has 4 N–H and O–H groups in total. The molecule has 7 unspecified atom stereocenters. The number of carboxylic acids is 1. The standard InChI is InChI=1S/C34H44N4O4/c1-8-21-17(4)29(15-39)35-28(21)14-27-20(7)31-16(3)12-24(33(31)37-27)32-23(10-11-30(40)41)19(6)25(36-32)13-26-18(5)22(9-2)34(42)38-26/h9,13,15-17,19,21,23,28-29,35,37H,2,8,10-12,14H2,1,3-7H3,(H,38,42)(H,40,41). The van der Waals surface area contributed by atoms with Crippen LogP contribution in [-0.4, -0.2) is 46.0 Å². The fourth-order valence-electron chi connectivity index (χ4n) is 7.89. The maximum absolute atomic E-state index is 12.4. The lowest BCUT2D eigenvalue weighted by Crippen LogP contribution is -2.34. The Morgan fingerprint density at radius 3 is 2.57 bits per heavy atom. The van der Waals surface area contributed by atoms with E-state index in [4.69, 9.17) is 4.99 Å². The number of hydrogen-bond donors (Lipinski definition) is 4. The summed E-state index contributed by atoms with van der Waals surface area (Å²) in [5.41, 5.74) is 10.0. The molecule has 0 saturated carbocycles. The van der Waals surface area contributed by atoms with Gasteiger partial charge in [0.15, 0.2) is 0 Å². The van der Waals surface area contributed by atoms with Gasteiger partial charge >= 0.3 is 5.97 Å². The maximum Gasteiger partial charge on any atom is 0.303 e. The minimum atomic E-state index is -0.813. The van der Waals surface area contributed by atoms with Crippen LogP contribution < -0.4 is 10.6 Å². The number of allylic oxidation sites excluding steroid dienone is 4. The third-order valence-electron chi connectivity index (χ3n) is 10.4. The van der Waals surface area contributed by atoms with Crippen molar-refractivity contribution in [1.29, 1.82) is 0 Å². The Morgan fingerprint density at radius 2 is 1.95 bits per heavy atom. The second-order valence-corrected chi connectivity index (χ2v) is 12.7. The third-order valence-corrected chi connectivity index (χ3v) is 10.4. The number of rotatable bonds is 9. The predicted molar refractivity (Wildman–Crippen MR) is 165 cm³/mol. The number of nitrogens with zero attached hydrogens (tertiary/aromatic N) is 1. The van der Waals surface area contributed by atoms with Crippen molar-refractivity contribution in [3.63, 3.8) is 0 Å². The van der Waals surface area contributed by atoms with Gasteiger partial charge in [0, 0.05) is 64.8 Å². The normalized spacial score (nSPS) is 33.4. The zero-order valence-corrected chi connectivity index (χ0v) is 25.6. The predicted octanol–water partition coefficient (Wildman–Crippen LogP) is 5.37. The summed E-state index contributed by atoms with van der Waals surface area (Å²) >= 11 is 0. The van der Waals surface area contributed by atoms with Crippen LogP contribution >= 0.6 is 0 Å². The van der Waals surface area contributed by atoms with E-state index in [9.17, 15) is 19.5 Å². The number of amides is 1. The first-order valence-electron chi connectivity index (χ1n) is 15.3. The number of aromatic amines is 1. The Hall–Kier alpha value is -3.52. The third kappa shape index (κ3) is 5.04. The molecule has 0 bridgehead atoms. The largest absolute Gasteiger partial charge is 0.481 e. The lowest BCUT2D eigenvalue weighted by molar-refractivity contribution is -0.137. The molecule has 0 aromatic carbocycles. The molecule has 1 amide bonds. The Morgan fingerprint density at radius 1 is 1.21 bits per heavy atom. The van der Waals surface area contributed by atoms with E-state index < -0.39 is 5.97 Å². The Labute approximate surface area is 248 Å². The van der Waals surface area contributed by atoms with Gasteiger partial charge in [-0.05, 0) is 72.8 Å². The van der Waals surface area contributed by atoms with E-state index in [1.807, 2.05) is 13.0 Å². The smallest absolute Gasteiger partial charge is 0.303 e. The van der Waals surface area contributed by atoms with Crippen molar-refractivity contribution in [3.05, 3.63) is 63.8 Å². The van der Waals surface area contributed by atoms with Gasteiger partial charge in [0.05, 0.1) is 6.04 Å². The topological polar surface area (TPSA) is 124 Å². The highest BCUT2D eigenvalue weighted by Crippen LogP contribution is 2.49. The lowest BCUT2D eigenvalue weighted by Gasteiger charge is -2.21. The number of carbonyl (C=O) groups is 3. The van der Waals surface area contributed by atoms with Crippen LogP contribution in [0.5, 0.6) is 0 Å². The van der Waals surface area contributed by atoms with Crippen LogP contribution in [0.3, 0.4) is 0 Å². The number of aromatic nitrogens is 1. The van der Waals surface area contributed by atoms with E-state index in [0.29, 0.717) is 29.7 Å². The van der Waals surface area contributed by atoms with E-state index in [1.54, 1.807) is 6.08 Å². The van der Waals surface area contributed by atoms with Crippen molar-refractivity contribution < 1.29 is 19.5 Å². The summed E-state index contributed by atoms with van der Waals surface area (Å²) in [5, 5.41) is 16.1. The van der Waals surface area contributed by atoms with Gasteiger partial charge in [-0.3, -0.25) is 14.6 Å². The Balaban J connectivity index is 1.55. The van der Waals surface area contributed by atoms with E-state index in [0.717, 1.165) is 53.9 Å². The summed E-state index contributed by atoms with van der Waals surface area (Å²) in [5.74, 6) is 0.0331. The van der Waals surface area contributed by atoms with Crippen LogP contribution in [0.4, 0.5) is 0 Å². The number of carbonyl (C=O) groups excluding carboxylic acids is 2. The van der Waals surface area contributed by atoms with Gasteiger partial charge in [0.1, 0.15) is 6.29 Å². The van der Waals surface area contributed by atoms with E-state index in [2.05, 4.69) is 56.8 Å². The van der Waals surface area contributed by atoms with Gasteiger partial charge in [-0.25, -0.2) is 0 Å². The molecular formula is C34H44N4O4. The number of aldehydes is 1. The molecule has 1 saturated heterocycles.